The van der Waals surface area contributed by atoms with E-state index < -0.39 is 6.04 Å². The summed E-state index contributed by atoms with van der Waals surface area (Å²) in [6, 6.07) is 7.53. The number of carbonyl (C=O) groups is 2. The van der Waals surface area contributed by atoms with Crippen LogP contribution in [0, 0.1) is 23.2 Å². The van der Waals surface area contributed by atoms with E-state index in [-0.39, 0.29) is 17.2 Å². The molecule has 6 rings (SSSR count). The average molecular weight is 396 g/mol. The van der Waals surface area contributed by atoms with Crippen LogP contribution in [0.5, 0.6) is 0 Å². The number of hydrogen-bond donors (Lipinski definition) is 2. The highest BCUT2D eigenvalue weighted by molar-refractivity contribution is 5.97. The lowest BCUT2D eigenvalue weighted by molar-refractivity contribution is -0.147. The monoisotopic (exact) mass is 395 g/mol. The maximum absolute atomic E-state index is 13.2. The van der Waals surface area contributed by atoms with Crippen LogP contribution in [0.25, 0.3) is 0 Å². The second-order valence-electron chi connectivity index (χ2n) is 10.1. The van der Waals surface area contributed by atoms with Gasteiger partial charge in [0.05, 0.1) is 0 Å². The fourth-order valence-electron chi connectivity index (χ4n) is 6.79. The number of nitrogens with zero attached hydrogens (tertiary/aromatic N) is 1. The lowest BCUT2D eigenvalue weighted by atomic mass is 9.49. The Morgan fingerprint density at radius 3 is 2.07 bits per heavy atom. The van der Waals surface area contributed by atoms with Crippen LogP contribution >= 0.6 is 0 Å². The summed E-state index contributed by atoms with van der Waals surface area (Å²) in [5, 5.41) is 6.02. The smallest absolute Gasteiger partial charge is 0.246 e. The number of rotatable bonds is 5. The molecule has 0 spiro atoms. The molecule has 1 aromatic rings. The number of benzene rings is 1. The van der Waals surface area contributed by atoms with Gasteiger partial charge in [-0.2, -0.15) is 0 Å². The lowest BCUT2D eigenvalue weighted by Gasteiger charge is -2.55. The molecule has 4 bridgehead atoms. The van der Waals surface area contributed by atoms with Gasteiger partial charge in [0.15, 0.2) is 0 Å². The predicted molar refractivity (Wildman–Crippen MR) is 115 cm³/mol. The number of carbonyl (C=O) groups excluding carboxylic acids is 2. The Hall–Kier alpha value is -2.04. The minimum absolute atomic E-state index is 0.114. The van der Waals surface area contributed by atoms with Gasteiger partial charge in [0.25, 0.3) is 0 Å². The third-order valence-corrected chi connectivity index (χ3v) is 7.87. The maximum atomic E-state index is 13.2. The molecule has 2 amide bonds. The molecule has 1 heterocycles. The van der Waals surface area contributed by atoms with Crippen molar-refractivity contribution in [2.75, 3.05) is 23.3 Å². The summed E-state index contributed by atoms with van der Waals surface area (Å²) >= 11 is 0. The highest BCUT2D eigenvalue weighted by atomic mass is 16.2. The molecule has 2 N–H and O–H groups in total. The topological polar surface area (TPSA) is 61.4 Å². The molecule has 4 saturated carbocycles. The SMILES string of the molecule is CC(NC(=O)C12CC3CC(CC(C3)C1)C2)C(=O)Nc1ccc(N2CCCC2)cc1. The zero-order valence-corrected chi connectivity index (χ0v) is 17.5. The van der Waals surface area contributed by atoms with Gasteiger partial charge in [-0.3, -0.25) is 9.59 Å². The fraction of sp³-hybridized carbons (Fsp3) is 0.667. The van der Waals surface area contributed by atoms with Crippen molar-refractivity contribution in [3.05, 3.63) is 24.3 Å². The second kappa shape index (κ2) is 7.33. The molecule has 0 radical (unpaired) electrons. The molecular weight excluding hydrogens is 362 g/mol. The summed E-state index contributed by atoms with van der Waals surface area (Å²) in [4.78, 5) is 28.2. The number of anilines is 2. The van der Waals surface area contributed by atoms with Crippen molar-refractivity contribution >= 4 is 23.2 Å². The predicted octanol–water partition coefficient (Wildman–Crippen LogP) is 3.95. The summed E-state index contributed by atoms with van der Waals surface area (Å²) in [6.45, 7) is 4.02. The molecular formula is C24H33N3O2. The molecule has 4 aliphatic carbocycles. The average Bonchev–Trinajstić information content (AvgIpc) is 3.22. The molecule has 5 heteroatoms. The molecule has 5 fully saturated rings. The molecule has 0 aromatic heterocycles. The molecule has 5 aliphatic rings. The molecule has 29 heavy (non-hydrogen) atoms. The first kappa shape index (κ1) is 19.0. The first-order valence-electron chi connectivity index (χ1n) is 11.5. The van der Waals surface area contributed by atoms with E-state index in [1.54, 1.807) is 6.92 Å². The summed E-state index contributed by atoms with van der Waals surface area (Å²) in [5.74, 6) is 2.15. The van der Waals surface area contributed by atoms with E-state index in [0.717, 1.165) is 55.8 Å². The van der Waals surface area contributed by atoms with Crippen LogP contribution in [-0.2, 0) is 9.59 Å². The Labute approximate surface area is 173 Å². The largest absolute Gasteiger partial charge is 0.372 e. The first-order chi connectivity index (χ1) is 14.0. The number of nitrogens with one attached hydrogen (secondary N) is 2. The van der Waals surface area contributed by atoms with E-state index in [4.69, 9.17) is 0 Å². The Balaban J connectivity index is 1.18. The van der Waals surface area contributed by atoms with Crippen molar-refractivity contribution in [3.8, 4) is 0 Å². The van der Waals surface area contributed by atoms with Crippen LogP contribution in [0.1, 0.15) is 58.3 Å². The highest BCUT2D eigenvalue weighted by Gasteiger charge is 2.54. The minimum atomic E-state index is -0.520. The van der Waals surface area contributed by atoms with Gasteiger partial charge in [-0.25, -0.2) is 0 Å². The second-order valence-corrected chi connectivity index (χ2v) is 10.1. The van der Waals surface area contributed by atoms with E-state index >= 15 is 0 Å². The summed E-state index contributed by atoms with van der Waals surface area (Å²) in [7, 11) is 0. The van der Waals surface area contributed by atoms with E-state index in [2.05, 4.69) is 27.7 Å². The van der Waals surface area contributed by atoms with Crippen LogP contribution in [0.2, 0.25) is 0 Å². The molecule has 1 atom stereocenters. The van der Waals surface area contributed by atoms with Gasteiger partial charge in [-0.15, -0.1) is 0 Å². The fourth-order valence-corrected chi connectivity index (χ4v) is 6.79. The van der Waals surface area contributed by atoms with E-state index in [9.17, 15) is 9.59 Å². The molecule has 1 saturated heterocycles. The van der Waals surface area contributed by atoms with Crippen LogP contribution < -0.4 is 15.5 Å². The van der Waals surface area contributed by atoms with Crippen LogP contribution in [0.4, 0.5) is 11.4 Å². The van der Waals surface area contributed by atoms with Crippen molar-refractivity contribution in [1.29, 1.82) is 0 Å². The maximum Gasteiger partial charge on any atom is 0.246 e. The molecule has 1 aromatic carbocycles. The zero-order valence-electron chi connectivity index (χ0n) is 17.5. The molecule has 156 valence electrons. The first-order valence-corrected chi connectivity index (χ1v) is 11.5. The Kier molecular flexibility index (Phi) is 4.79. The standard InChI is InChI=1S/C24H33N3O2/c1-16(22(28)26-20-4-6-21(7-5-20)27-8-2-3-9-27)25-23(29)24-13-17-10-18(14-24)12-19(11-17)15-24/h4-7,16-19H,2-3,8-15H2,1H3,(H,25,29)(H,26,28). The summed E-state index contributed by atoms with van der Waals surface area (Å²) in [5.41, 5.74) is 1.79. The quantitative estimate of drug-likeness (QED) is 0.794. The molecule has 1 aliphatic heterocycles. The van der Waals surface area contributed by atoms with Crippen molar-refractivity contribution in [3.63, 3.8) is 0 Å². The van der Waals surface area contributed by atoms with E-state index in [1.165, 1.54) is 37.8 Å². The van der Waals surface area contributed by atoms with E-state index in [0.29, 0.717) is 0 Å². The molecule has 1 unspecified atom stereocenters. The third kappa shape index (κ3) is 3.64. The van der Waals surface area contributed by atoms with Crippen molar-refractivity contribution in [2.24, 2.45) is 23.2 Å². The third-order valence-electron chi connectivity index (χ3n) is 7.87. The van der Waals surface area contributed by atoms with Gasteiger partial charge in [0.1, 0.15) is 6.04 Å². The van der Waals surface area contributed by atoms with Gasteiger partial charge >= 0.3 is 0 Å². The molecule has 5 nitrogen and oxygen atoms in total. The van der Waals surface area contributed by atoms with Gasteiger partial charge in [0, 0.05) is 29.9 Å². The van der Waals surface area contributed by atoms with Crippen molar-refractivity contribution in [1.82, 2.24) is 5.32 Å². The minimum Gasteiger partial charge on any atom is -0.372 e. The summed E-state index contributed by atoms with van der Waals surface area (Å²) in [6.07, 6.45) is 9.52. The highest BCUT2D eigenvalue weighted by Crippen LogP contribution is 2.60. The van der Waals surface area contributed by atoms with Crippen LogP contribution in [0.3, 0.4) is 0 Å². The number of hydrogen-bond acceptors (Lipinski definition) is 3. The van der Waals surface area contributed by atoms with Crippen LogP contribution in [-0.4, -0.2) is 30.9 Å². The van der Waals surface area contributed by atoms with Crippen LogP contribution in [0.15, 0.2) is 24.3 Å². The van der Waals surface area contributed by atoms with Crippen molar-refractivity contribution in [2.45, 2.75) is 64.3 Å². The normalized spacial score (nSPS) is 33.6. The number of amides is 2. The van der Waals surface area contributed by atoms with E-state index in [1.807, 2.05) is 12.1 Å². The summed E-state index contributed by atoms with van der Waals surface area (Å²) < 4.78 is 0. The Morgan fingerprint density at radius 1 is 0.966 bits per heavy atom. The Morgan fingerprint density at radius 2 is 1.52 bits per heavy atom. The van der Waals surface area contributed by atoms with Crippen molar-refractivity contribution < 1.29 is 9.59 Å². The Bertz CT molecular complexity index is 747. The van der Waals surface area contributed by atoms with Gasteiger partial charge in [-0.05, 0) is 100 Å². The zero-order chi connectivity index (χ0) is 20.0. The lowest BCUT2D eigenvalue weighted by Crippen LogP contribution is -2.56. The van der Waals surface area contributed by atoms with Gasteiger partial charge in [0.2, 0.25) is 11.8 Å². The van der Waals surface area contributed by atoms with Gasteiger partial charge < -0.3 is 15.5 Å². The van der Waals surface area contributed by atoms with Gasteiger partial charge in [-0.1, -0.05) is 0 Å².